The van der Waals surface area contributed by atoms with Gasteiger partial charge >= 0.3 is 0 Å². The van der Waals surface area contributed by atoms with Crippen molar-refractivity contribution < 1.29 is 4.79 Å². The minimum Gasteiger partial charge on any atom is -0.303 e. The van der Waals surface area contributed by atoms with Gasteiger partial charge in [0.2, 0.25) is 0 Å². The number of ketones is 1. The third-order valence-electron chi connectivity index (χ3n) is 6.76. The molecular weight excluding hydrogens is 270 g/mol. The molecule has 0 spiro atoms. The van der Waals surface area contributed by atoms with Crippen molar-refractivity contribution in [2.45, 2.75) is 63.3 Å². The number of carbonyl (C=O) groups excluding carboxylic acids is 1. The quantitative estimate of drug-likeness (QED) is 0.770. The standard InChI is InChI=1S/C20H27NO/c1-3-19(22)15-8-7-14-13-18-16-6-4-5-9-20(16,17(14)12-15)10-11-21(18)2/h7-8,12,16,18H,3-6,9-11,13H2,1-2H3/t16-,18+,20+/m0/s1. The van der Waals surface area contributed by atoms with Gasteiger partial charge in [0.15, 0.2) is 5.78 Å². The molecule has 3 atom stereocenters. The van der Waals surface area contributed by atoms with Crippen LogP contribution < -0.4 is 0 Å². The number of hydrogen-bond acceptors (Lipinski definition) is 2. The van der Waals surface area contributed by atoms with Crippen LogP contribution in [-0.2, 0) is 11.8 Å². The third kappa shape index (κ3) is 1.93. The summed E-state index contributed by atoms with van der Waals surface area (Å²) in [6, 6.07) is 7.33. The lowest BCUT2D eigenvalue weighted by Crippen LogP contribution is -2.59. The van der Waals surface area contributed by atoms with Crippen LogP contribution in [0.3, 0.4) is 0 Å². The number of nitrogens with zero attached hydrogens (tertiary/aromatic N) is 1. The number of rotatable bonds is 2. The van der Waals surface area contributed by atoms with Gasteiger partial charge in [-0.05, 0) is 62.4 Å². The van der Waals surface area contributed by atoms with E-state index in [0.29, 0.717) is 23.7 Å². The average Bonchev–Trinajstić information content (AvgIpc) is 2.57. The topological polar surface area (TPSA) is 20.3 Å². The first-order valence-corrected chi connectivity index (χ1v) is 9.02. The Morgan fingerprint density at radius 1 is 1.32 bits per heavy atom. The molecule has 1 aromatic carbocycles. The zero-order valence-electron chi connectivity index (χ0n) is 13.9. The molecule has 0 radical (unpaired) electrons. The van der Waals surface area contributed by atoms with Crippen LogP contribution in [0.5, 0.6) is 0 Å². The van der Waals surface area contributed by atoms with Gasteiger partial charge in [0.05, 0.1) is 0 Å². The fourth-order valence-electron chi connectivity index (χ4n) is 5.57. The van der Waals surface area contributed by atoms with E-state index in [1.807, 2.05) is 6.92 Å². The van der Waals surface area contributed by atoms with Gasteiger partial charge in [0.25, 0.3) is 0 Å². The molecule has 1 aliphatic heterocycles. The zero-order chi connectivity index (χ0) is 15.3. The lowest BCUT2D eigenvalue weighted by Gasteiger charge is -2.58. The van der Waals surface area contributed by atoms with Gasteiger partial charge < -0.3 is 4.90 Å². The number of likely N-dealkylation sites (N-methyl/N-ethyl adjacent to an activating group) is 1. The summed E-state index contributed by atoms with van der Waals surface area (Å²) in [6.45, 7) is 3.18. The molecule has 2 nitrogen and oxygen atoms in total. The van der Waals surface area contributed by atoms with Crippen LogP contribution >= 0.6 is 0 Å². The summed E-state index contributed by atoms with van der Waals surface area (Å²) in [5.74, 6) is 1.10. The molecule has 3 aliphatic rings. The van der Waals surface area contributed by atoms with Gasteiger partial charge in [-0.2, -0.15) is 0 Å². The molecule has 1 heterocycles. The molecule has 4 rings (SSSR count). The Balaban J connectivity index is 1.85. The van der Waals surface area contributed by atoms with E-state index >= 15 is 0 Å². The second-order valence-electron chi connectivity index (χ2n) is 7.66. The maximum atomic E-state index is 12.2. The van der Waals surface area contributed by atoms with Crippen molar-refractivity contribution in [3.63, 3.8) is 0 Å². The van der Waals surface area contributed by atoms with Crippen molar-refractivity contribution in [2.75, 3.05) is 13.6 Å². The van der Waals surface area contributed by atoms with Gasteiger partial charge in [-0.15, -0.1) is 0 Å². The Hall–Kier alpha value is -1.15. The second kappa shape index (κ2) is 5.19. The minimum absolute atomic E-state index is 0.293. The van der Waals surface area contributed by atoms with Gasteiger partial charge in [-0.1, -0.05) is 31.9 Å². The number of Topliss-reactive ketones (excluding diaryl/α,β-unsaturated/α-hetero) is 1. The number of benzene rings is 1. The molecule has 118 valence electrons. The van der Waals surface area contributed by atoms with Crippen molar-refractivity contribution in [3.8, 4) is 0 Å². The van der Waals surface area contributed by atoms with Crippen molar-refractivity contribution in [1.29, 1.82) is 0 Å². The van der Waals surface area contributed by atoms with E-state index in [-0.39, 0.29) is 0 Å². The number of carbonyl (C=O) groups is 1. The molecule has 0 amide bonds. The molecule has 1 saturated heterocycles. The first-order chi connectivity index (χ1) is 10.7. The summed E-state index contributed by atoms with van der Waals surface area (Å²) in [5.41, 5.74) is 4.37. The monoisotopic (exact) mass is 297 g/mol. The van der Waals surface area contributed by atoms with E-state index in [0.717, 1.165) is 11.5 Å². The van der Waals surface area contributed by atoms with Crippen molar-refractivity contribution in [1.82, 2.24) is 4.90 Å². The molecule has 2 heteroatoms. The Bertz CT molecular complexity index is 608. The van der Waals surface area contributed by atoms with Gasteiger partial charge in [-0.3, -0.25) is 4.79 Å². The first kappa shape index (κ1) is 14.4. The Labute approximate surface area is 133 Å². The van der Waals surface area contributed by atoms with Crippen LogP contribution in [0.1, 0.15) is 66.9 Å². The van der Waals surface area contributed by atoms with Crippen LogP contribution in [0.25, 0.3) is 0 Å². The van der Waals surface area contributed by atoms with E-state index in [9.17, 15) is 4.79 Å². The van der Waals surface area contributed by atoms with Crippen LogP contribution in [0.4, 0.5) is 0 Å². The fraction of sp³-hybridized carbons (Fsp3) is 0.650. The Kier molecular flexibility index (Phi) is 3.41. The highest BCUT2D eigenvalue weighted by Gasteiger charge is 2.53. The highest BCUT2D eigenvalue weighted by molar-refractivity contribution is 5.96. The molecule has 1 saturated carbocycles. The maximum absolute atomic E-state index is 12.2. The molecule has 2 aliphatic carbocycles. The molecule has 0 aromatic heterocycles. The lowest BCUT2D eigenvalue weighted by atomic mass is 9.52. The van der Waals surface area contributed by atoms with Crippen molar-refractivity contribution >= 4 is 5.78 Å². The Morgan fingerprint density at radius 2 is 2.18 bits per heavy atom. The van der Waals surface area contributed by atoms with Crippen LogP contribution in [-0.4, -0.2) is 30.3 Å². The summed E-state index contributed by atoms with van der Waals surface area (Å²) >= 11 is 0. The van der Waals surface area contributed by atoms with Crippen molar-refractivity contribution in [3.05, 3.63) is 34.9 Å². The van der Waals surface area contributed by atoms with Crippen LogP contribution in [0.15, 0.2) is 18.2 Å². The number of likely N-dealkylation sites (tertiary alicyclic amines) is 1. The highest BCUT2D eigenvalue weighted by atomic mass is 16.1. The number of piperidine rings is 1. The molecule has 2 bridgehead atoms. The van der Waals surface area contributed by atoms with E-state index in [2.05, 4.69) is 30.1 Å². The smallest absolute Gasteiger partial charge is 0.162 e. The molecular formula is C20H27NO. The minimum atomic E-state index is 0.293. The summed E-state index contributed by atoms with van der Waals surface area (Å²) in [6.07, 6.45) is 8.53. The first-order valence-electron chi connectivity index (χ1n) is 9.02. The Morgan fingerprint density at radius 3 is 3.00 bits per heavy atom. The van der Waals surface area contributed by atoms with Crippen molar-refractivity contribution in [2.24, 2.45) is 5.92 Å². The molecule has 0 unspecified atom stereocenters. The molecule has 2 fully saturated rings. The lowest BCUT2D eigenvalue weighted by molar-refractivity contribution is 0.00283. The predicted molar refractivity (Wildman–Crippen MR) is 89.4 cm³/mol. The average molecular weight is 297 g/mol. The predicted octanol–water partition coefficient (Wildman–Crippen LogP) is 3.97. The normalized spacial score (nSPS) is 33.9. The summed E-state index contributed by atoms with van der Waals surface area (Å²) < 4.78 is 0. The van der Waals surface area contributed by atoms with E-state index in [1.54, 1.807) is 5.56 Å². The van der Waals surface area contributed by atoms with Gasteiger partial charge in [0.1, 0.15) is 0 Å². The summed E-state index contributed by atoms with van der Waals surface area (Å²) in [5, 5.41) is 0. The molecule has 22 heavy (non-hydrogen) atoms. The van der Waals surface area contributed by atoms with E-state index in [1.165, 1.54) is 50.6 Å². The van der Waals surface area contributed by atoms with E-state index in [4.69, 9.17) is 0 Å². The number of fused-ring (bicyclic) bond motifs is 1. The van der Waals surface area contributed by atoms with Gasteiger partial charge in [-0.25, -0.2) is 0 Å². The molecule has 0 N–H and O–H groups in total. The summed E-state index contributed by atoms with van der Waals surface area (Å²) in [7, 11) is 2.31. The van der Waals surface area contributed by atoms with E-state index < -0.39 is 0 Å². The van der Waals surface area contributed by atoms with Crippen LogP contribution in [0, 0.1) is 5.92 Å². The van der Waals surface area contributed by atoms with Gasteiger partial charge in [0, 0.05) is 23.4 Å². The molecule has 1 aromatic rings. The SMILES string of the molecule is CCC(=O)c1ccc2c(c1)[C@@]13CCCC[C@H]1[C@@H](C2)N(C)CC3. The number of hydrogen-bond donors (Lipinski definition) is 0. The summed E-state index contributed by atoms with van der Waals surface area (Å²) in [4.78, 5) is 14.8. The fourth-order valence-corrected chi connectivity index (χ4v) is 5.57. The maximum Gasteiger partial charge on any atom is 0.162 e. The van der Waals surface area contributed by atoms with Crippen LogP contribution in [0.2, 0.25) is 0 Å². The largest absolute Gasteiger partial charge is 0.303 e. The second-order valence-corrected chi connectivity index (χ2v) is 7.66. The third-order valence-corrected chi connectivity index (χ3v) is 6.76. The zero-order valence-corrected chi connectivity index (χ0v) is 13.9. The highest BCUT2D eigenvalue weighted by Crippen LogP contribution is 2.55.